The van der Waals surface area contributed by atoms with Crippen molar-refractivity contribution in [1.82, 2.24) is 15.6 Å². The van der Waals surface area contributed by atoms with E-state index in [2.05, 4.69) is 36.4 Å². The number of H-pyrrole nitrogens is 1. The van der Waals surface area contributed by atoms with Crippen molar-refractivity contribution in [2.75, 3.05) is 13.1 Å². The first kappa shape index (κ1) is 15.2. The standard InChI is InChI=1S/C15H21N3O3/c1-15(2,3)9-17-13(19)16-7-6-10-4-5-12-11(8-10)18-14(20)21-12/h4-5,8H,6-7,9H2,1-3H3,(H,18,20)(H2,16,17,19). The molecule has 114 valence electrons. The number of oxazole rings is 1. The fourth-order valence-corrected chi connectivity index (χ4v) is 1.88. The fourth-order valence-electron chi connectivity index (χ4n) is 1.88. The molecule has 0 bridgehead atoms. The van der Waals surface area contributed by atoms with Gasteiger partial charge >= 0.3 is 11.8 Å². The predicted octanol–water partition coefficient (Wildman–Crippen LogP) is 2.01. The Bertz CT molecular complexity index is 679. The van der Waals surface area contributed by atoms with Crippen molar-refractivity contribution < 1.29 is 9.21 Å². The Balaban J connectivity index is 1.82. The van der Waals surface area contributed by atoms with E-state index >= 15 is 0 Å². The molecular formula is C15H21N3O3. The highest BCUT2D eigenvalue weighted by atomic mass is 16.4. The monoisotopic (exact) mass is 291 g/mol. The van der Waals surface area contributed by atoms with Crippen LogP contribution in [0.5, 0.6) is 0 Å². The minimum Gasteiger partial charge on any atom is -0.408 e. The van der Waals surface area contributed by atoms with Crippen LogP contribution in [-0.4, -0.2) is 24.1 Å². The highest BCUT2D eigenvalue weighted by Crippen LogP contribution is 2.12. The van der Waals surface area contributed by atoms with E-state index in [1.54, 1.807) is 6.07 Å². The molecule has 6 nitrogen and oxygen atoms in total. The first-order valence-electron chi connectivity index (χ1n) is 6.97. The molecule has 0 atom stereocenters. The van der Waals surface area contributed by atoms with Crippen LogP contribution < -0.4 is 16.4 Å². The number of fused-ring (bicyclic) bond motifs is 1. The maximum Gasteiger partial charge on any atom is 0.417 e. The summed E-state index contributed by atoms with van der Waals surface area (Å²) >= 11 is 0. The molecule has 0 fully saturated rings. The molecular weight excluding hydrogens is 270 g/mol. The van der Waals surface area contributed by atoms with Crippen molar-refractivity contribution in [3.63, 3.8) is 0 Å². The summed E-state index contributed by atoms with van der Waals surface area (Å²) in [7, 11) is 0. The summed E-state index contributed by atoms with van der Waals surface area (Å²) in [6.07, 6.45) is 0.687. The Morgan fingerprint density at radius 1 is 1.29 bits per heavy atom. The Morgan fingerprint density at radius 2 is 2.05 bits per heavy atom. The van der Waals surface area contributed by atoms with E-state index in [4.69, 9.17) is 4.42 Å². The molecule has 0 aliphatic rings. The maximum atomic E-state index is 11.6. The van der Waals surface area contributed by atoms with Gasteiger partial charge in [0.25, 0.3) is 0 Å². The number of amides is 2. The van der Waals surface area contributed by atoms with Gasteiger partial charge in [-0.05, 0) is 29.5 Å². The summed E-state index contributed by atoms with van der Waals surface area (Å²) in [5.41, 5.74) is 2.31. The average Bonchev–Trinajstić information content (AvgIpc) is 2.75. The van der Waals surface area contributed by atoms with Crippen molar-refractivity contribution in [3.8, 4) is 0 Å². The van der Waals surface area contributed by atoms with Crippen molar-refractivity contribution in [2.24, 2.45) is 5.41 Å². The van der Waals surface area contributed by atoms with Gasteiger partial charge in [0.15, 0.2) is 5.58 Å². The lowest BCUT2D eigenvalue weighted by molar-refractivity contribution is 0.235. The van der Waals surface area contributed by atoms with Crippen LogP contribution in [0.3, 0.4) is 0 Å². The first-order valence-corrected chi connectivity index (χ1v) is 6.97. The molecule has 1 heterocycles. The highest BCUT2D eigenvalue weighted by molar-refractivity contribution is 5.74. The molecule has 1 aromatic heterocycles. The number of aromatic amines is 1. The Morgan fingerprint density at radius 3 is 2.76 bits per heavy atom. The van der Waals surface area contributed by atoms with E-state index in [0.717, 1.165) is 5.56 Å². The molecule has 21 heavy (non-hydrogen) atoms. The van der Waals surface area contributed by atoms with Gasteiger partial charge in [0.2, 0.25) is 0 Å². The largest absolute Gasteiger partial charge is 0.417 e. The van der Waals surface area contributed by atoms with Gasteiger partial charge in [-0.1, -0.05) is 26.8 Å². The number of hydrogen-bond acceptors (Lipinski definition) is 3. The average molecular weight is 291 g/mol. The van der Waals surface area contributed by atoms with Gasteiger partial charge in [-0.3, -0.25) is 4.98 Å². The number of carbonyl (C=O) groups is 1. The van der Waals surface area contributed by atoms with Gasteiger partial charge in [0.05, 0.1) is 5.52 Å². The first-order chi connectivity index (χ1) is 9.83. The lowest BCUT2D eigenvalue weighted by Crippen LogP contribution is -2.40. The third-order valence-electron chi connectivity index (χ3n) is 2.96. The van der Waals surface area contributed by atoms with Crippen LogP contribution in [0.1, 0.15) is 26.3 Å². The summed E-state index contributed by atoms with van der Waals surface area (Å²) < 4.78 is 4.94. The normalized spacial score (nSPS) is 11.6. The number of carbonyl (C=O) groups excluding carboxylic acids is 1. The third-order valence-corrected chi connectivity index (χ3v) is 2.96. The summed E-state index contributed by atoms with van der Waals surface area (Å²) in [4.78, 5) is 25.3. The van der Waals surface area contributed by atoms with E-state index in [1.807, 2.05) is 12.1 Å². The zero-order chi connectivity index (χ0) is 15.5. The number of nitrogens with one attached hydrogen (secondary N) is 3. The number of benzene rings is 1. The predicted molar refractivity (Wildman–Crippen MR) is 81.4 cm³/mol. The molecule has 0 aliphatic heterocycles. The summed E-state index contributed by atoms with van der Waals surface area (Å²) in [6, 6.07) is 5.33. The fraction of sp³-hybridized carbons (Fsp3) is 0.467. The number of rotatable bonds is 4. The van der Waals surface area contributed by atoms with Crippen LogP contribution in [0.4, 0.5) is 4.79 Å². The molecule has 3 N–H and O–H groups in total. The van der Waals surface area contributed by atoms with Gasteiger partial charge in [0, 0.05) is 13.1 Å². The topological polar surface area (TPSA) is 87.1 Å². The second-order valence-corrected chi connectivity index (χ2v) is 6.27. The van der Waals surface area contributed by atoms with Gasteiger partial charge in [-0.25, -0.2) is 9.59 Å². The second kappa shape index (κ2) is 6.03. The van der Waals surface area contributed by atoms with Crippen LogP contribution in [0, 0.1) is 5.41 Å². The number of hydrogen-bond donors (Lipinski definition) is 3. The summed E-state index contributed by atoms with van der Waals surface area (Å²) in [5.74, 6) is -0.457. The Kier molecular flexibility index (Phi) is 4.35. The van der Waals surface area contributed by atoms with Crippen LogP contribution in [-0.2, 0) is 6.42 Å². The molecule has 2 aromatic rings. The molecule has 0 unspecified atom stereocenters. The van der Waals surface area contributed by atoms with Gasteiger partial charge in [-0.15, -0.1) is 0 Å². The molecule has 0 saturated heterocycles. The molecule has 1 aromatic carbocycles. The lowest BCUT2D eigenvalue weighted by Gasteiger charge is -2.18. The van der Waals surface area contributed by atoms with E-state index in [9.17, 15) is 9.59 Å². The SMILES string of the molecule is CC(C)(C)CNC(=O)NCCc1ccc2oc(=O)[nH]c2c1. The molecule has 2 amide bonds. The van der Waals surface area contributed by atoms with Crippen LogP contribution >= 0.6 is 0 Å². The minimum atomic E-state index is -0.457. The quantitative estimate of drug-likeness (QED) is 0.805. The molecule has 0 aliphatic carbocycles. The minimum absolute atomic E-state index is 0.0650. The maximum absolute atomic E-state index is 11.6. The van der Waals surface area contributed by atoms with Crippen molar-refractivity contribution in [3.05, 3.63) is 34.3 Å². The lowest BCUT2D eigenvalue weighted by atomic mass is 9.97. The second-order valence-electron chi connectivity index (χ2n) is 6.27. The van der Waals surface area contributed by atoms with Gasteiger partial charge < -0.3 is 15.1 Å². The van der Waals surface area contributed by atoms with Crippen LogP contribution in [0.25, 0.3) is 11.1 Å². The van der Waals surface area contributed by atoms with Crippen molar-refractivity contribution >= 4 is 17.1 Å². The number of aromatic nitrogens is 1. The molecule has 0 saturated carbocycles. The Hall–Kier alpha value is -2.24. The zero-order valence-corrected chi connectivity index (χ0v) is 12.6. The smallest absolute Gasteiger partial charge is 0.408 e. The zero-order valence-electron chi connectivity index (χ0n) is 12.6. The third kappa shape index (κ3) is 4.66. The van der Waals surface area contributed by atoms with Crippen molar-refractivity contribution in [2.45, 2.75) is 27.2 Å². The van der Waals surface area contributed by atoms with Gasteiger partial charge in [0.1, 0.15) is 0 Å². The number of urea groups is 1. The Labute approximate surface area is 122 Å². The van der Waals surface area contributed by atoms with Crippen LogP contribution in [0.15, 0.2) is 27.4 Å². The molecule has 2 rings (SSSR count). The van der Waals surface area contributed by atoms with Crippen molar-refractivity contribution in [1.29, 1.82) is 0 Å². The highest BCUT2D eigenvalue weighted by Gasteiger charge is 2.11. The van der Waals surface area contributed by atoms with Crippen LogP contribution in [0.2, 0.25) is 0 Å². The summed E-state index contributed by atoms with van der Waals surface area (Å²) in [5, 5.41) is 5.64. The molecule has 0 radical (unpaired) electrons. The van der Waals surface area contributed by atoms with E-state index in [1.165, 1.54) is 0 Å². The molecule has 0 spiro atoms. The van der Waals surface area contributed by atoms with Gasteiger partial charge in [-0.2, -0.15) is 0 Å². The molecule has 6 heteroatoms. The van der Waals surface area contributed by atoms with E-state index in [0.29, 0.717) is 30.6 Å². The van der Waals surface area contributed by atoms with E-state index < -0.39 is 5.76 Å². The summed E-state index contributed by atoms with van der Waals surface area (Å²) in [6.45, 7) is 7.35. The van der Waals surface area contributed by atoms with E-state index in [-0.39, 0.29) is 11.4 Å².